The number of hydrogen-bond acceptors (Lipinski definition) is 8. The molecule has 1 aromatic carbocycles. The van der Waals surface area contributed by atoms with E-state index < -0.39 is 0 Å². The van der Waals surface area contributed by atoms with Crippen LogP contribution in [0.1, 0.15) is 0 Å². The number of ether oxygens (including phenoxy) is 2. The van der Waals surface area contributed by atoms with Crippen LogP contribution in [0.25, 0.3) is 20.3 Å². The number of anilines is 1. The van der Waals surface area contributed by atoms with E-state index in [0.29, 0.717) is 29.9 Å². The van der Waals surface area contributed by atoms with Gasteiger partial charge in [0.1, 0.15) is 28.5 Å². The van der Waals surface area contributed by atoms with E-state index in [0.717, 1.165) is 46.9 Å². The Bertz CT molecular complexity index is 1460. The van der Waals surface area contributed by atoms with Gasteiger partial charge in [-0.25, -0.2) is 4.79 Å². The number of H-pyrrole nitrogens is 1. The van der Waals surface area contributed by atoms with Crippen molar-refractivity contribution in [3.8, 4) is 11.5 Å². The fourth-order valence-corrected chi connectivity index (χ4v) is 5.94. The molecular formula is C23H23N5O4S. The van der Waals surface area contributed by atoms with E-state index in [2.05, 4.69) is 19.8 Å². The van der Waals surface area contributed by atoms with Gasteiger partial charge >= 0.3 is 5.69 Å². The van der Waals surface area contributed by atoms with E-state index in [1.54, 1.807) is 19.5 Å². The van der Waals surface area contributed by atoms with Crippen molar-refractivity contribution < 1.29 is 9.47 Å². The first-order chi connectivity index (χ1) is 16.1. The van der Waals surface area contributed by atoms with E-state index in [1.807, 2.05) is 24.3 Å². The number of nitrogens with one attached hydrogen (secondary N) is 1. The number of pyridine rings is 1. The van der Waals surface area contributed by atoms with Crippen molar-refractivity contribution in [2.24, 2.45) is 0 Å². The summed E-state index contributed by atoms with van der Waals surface area (Å²) in [6, 6.07) is 7.92. The van der Waals surface area contributed by atoms with Gasteiger partial charge in [0.15, 0.2) is 0 Å². The Balaban J connectivity index is 1.22. The summed E-state index contributed by atoms with van der Waals surface area (Å²) in [6.07, 6.45) is 3.38. The molecule has 1 N–H and O–H groups in total. The topological polar surface area (TPSA) is 92.7 Å². The summed E-state index contributed by atoms with van der Waals surface area (Å²) in [5, 5.41) is 0.808. The van der Waals surface area contributed by atoms with Crippen molar-refractivity contribution >= 4 is 37.3 Å². The second-order valence-corrected chi connectivity index (χ2v) is 9.38. The van der Waals surface area contributed by atoms with Gasteiger partial charge in [-0.05, 0) is 18.2 Å². The van der Waals surface area contributed by atoms with Gasteiger partial charge < -0.3 is 19.4 Å². The molecule has 1 unspecified atom stereocenters. The third kappa shape index (κ3) is 3.28. The smallest absolute Gasteiger partial charge is 0.328 e. The molecule has 0 bridgehead atoms. The van der Waals surface area contributed by atoms with Crippen molar-refractivity contribution in [3.05, 3.63) is 57.5 Å². The molecular weight excluding hydrogens is 442 g/mol. The van der Waals surface area contributed by atoms with Crippen molar-refractivity contribution in [1.29, 1.82) is 0 Å². The molecule has 3 aromatic heterocycles. The molecule has 1 atom stereocenters. The number of thiophene rings is 1. The summed E-state index contributed by atoms with van der Waals surface area (Å²) in [5.74, 6) is 1.67. The van der Waals surface area contributed by atoms with Crippen LogP contribution >= 0.6 is 11.3 Å². The van der Waals surface area contributed by atoms with E-state index in [9.17, 15) is 9.59 Å². The van der Waals surface area contributed by atoms with Crippen LogP contribution in [0.2, 0.25) is 0 Å². The highest BCUT2D eigenvalue weighted by atomic mass is 32.1. The number of piperazine rings is 1. The first-order valence-electron chi connectivity index (χ1n) is 10.9. The molecule has 0 amide bonds. The zero-order valence-electron chi connectivity index (χ0n) is 18.1. The molecule has 5 heterocycles. The Morgan fingerprint density at radius 2 is 2.15 bits per heavy atom. The van der Waals surface area contributed by atoms with E-state index >= 15 is 0 Å². The van der Waals surface area contributed by atoms with E-state index in [-0.39, 0.29) is 17.3 Å². The second-order valence-electron chi connectivity index (χ2n) is 8.33. The Kier molecular flexibility index (Phi) is 4.84. The van der Waals surface area contributed by atoms with Crippen LogP contribution in [0.15, 0.2) is 46.2 Å². The Morgan fingerprint density at radius 3 is 3.03 bits per heavy atom. The minimum absolute atomic E-state index is 0.190. The quantitative estimate of drug-likeness (QED) is 0.492. The molecule has 6 rings (SSSR count). The summed E-state index contributed by atoms with van der Waals surface area (Å²) in [5.41, 5.74) is 0.964. The lowest BCUT2D eigenvalue weighted by Crippen LogP contribution is -2.58. The minimum atomic E-state index is -0.380. The number of rotatable bonds is 4. The fourth-order valence-electron chi connectivity index (χ4n) is 4.86. The number of methoxy groups -OCH3 is 1. The van der Waals surface area contributed by atoms with Crippen LogP contribution in [-0.2, 0) is 6.54 Å². The largest absolute Gasteiger partial charge is 0.494 e. The SMILES string of the molecule is COc1cccc2c1N1CCN(CCn3c(=O)[nH]c4c(sc5ccncc54)c3=O)CC1CO2. The Hall–Kier alpha value is -3.37. The maximum absolute atomic E-state index is 13.1. The van der Waals surface area contributed by atoms with Crippen molar-refractivity contribution in [3.63, 3.8) is 0 Å². The molecule has 0 aliphatic carbocycles. The molecule has 4 aromatic rings. The molecule has 170 valence electrons. The van der Waals surface area contributed by atoms with Crippen LogP contribution in [0.3, 0.4) is 0 Å². The second kappa shape index (κ2) is 7.89. The lowest BCUT2D eigenvalue weighted by atomic mass is 10.1. The molecule has 1 saturated heterocycles. The van der Waals surface area contributed by atoms with Gasteiger partial charge in [0.2, 0.25) is 0 Å². The minimum Gasteiger partial charge on any atom is -0.494 e. The normalized spacial score (nSPS) is 18.2. The van der Waals surface area contributed by atoms with Gasteiger partial charge in [0.05, 0.1) is 18.7 Å². The summed E-state index contributed by atoms with van der Waals surface area (Å²) in [4.78, 5) is 37.5. The summed E-state index contributed by atoms with van der Waals surface area (Å²) in [6.45, 7) is 4.00. The number of benzene rings is 1. The lowest BCUT2D eigenvalue weighted by Gasteiger charge is -2.45. The van der Waals surface area contributed by atoms with Gasteiger partial charge in [-0.1, -0.05) is 6.07 Å². The van der Waals surface area contributed by atoms with Crippen molar-refractivity contribution in [1.82, 2.24) is 19.4 Å². The maximum atomic E-state index is 13.1. The van der Waals surface area contributed by atoms with Gasteiger partial charge in [-0.15, -0.1) is 11.3 Å². The number of hydrogen-bond donors (Lipinski definition) is 1. The molecule has 0 radical (unpaired) electrons. The summed E-state index contributed by atoms with van der Waals surface area (Å²) >= 11 is 1.39. The molecule has 2 aliphatic heterocycles. The Labute approximate surface area is 192 Å². The number of nitrogens with zero attached hydrogens (tertiary/aromatic N) is 4. The third-order valence-electron chi connectivity index (χ3n) is 6.51. The maximum Gasteiger partial charge on any atom is 0.328 e. The third-order valence-corrected chi connectivity index (χ3v) is 7.67. The first-order valence-corrected chi connectivity index (χ1v) is 11.7. The molecule has 0 saturated carbocycles. The molecule has 2 aliphatic rings. The zero-order chi connectivity index (χ0) is 22.5. The number of para-hydroxylation sites is 1. The van der Waals surface area contributed by atoms with Crippen molar-refractivity contribution in [2.75, 3.05) is 44.8 Å². The highest BCUT2D eigenvalue weighted by molar-refractivity contribution is 7.25. The van der Waals surface area contributed by atoms with Crippen molar-refractivity contribution in [2.45, 2.75) is 12.6 Å². The van der Waals surface area contributed by atoms with Gasteiger partial charge in [-0.2, -0.15) is 0 Å². The van der Waals surface area contributed by atoms with Gasteiger partial charge in [0, 0.05) is 55.2 Å². The average molecular weight is 466 g/mol. The summed E-state index contributed by atoms with van der Waals surface area (Å²) in [7, 11) is 1.68. The number of fused-ring (bicyclic) bond motifs is 6. The zero-order valence-corrected chi connectivity index (χ0v) is 18.9. The van der Waals surface area contributed by atoms with Gasteiger partial charge in [-0.3, -0.25) is 19.2 Å². The molecule has 10 heteroatoms. The van der Waals surface area contributed by atoms with Crippen LogP contribution in [0.5, 0.6) is 11.5 Å². The molecule has 33 heavy (non-hydrogen) atoms. The number of aromatic nitrogens is 3. The summed E-state index contributed by atoms with van der Waals surface area (Å²) < 4.78 is 14.4. The monoisotopic (exact) mass is 465 g/mol. The highest BCUT2D eigenvalue weighted by Crippen LogP contribution is 2.42. The Morgan fingerprint density at radius 1 is 1.24 bits per heavy atom. The predicted molar refractivity (Wildman–Crippen MR) is 128 cm³/mol. The fraction of sp³-hybridized carbons (Fsp3) is 0.348. The number of aromatic amines is 1. The first kappa shape index (κ1) is 20.3. The lowest BCUT2D eigenvalue weighted by molar-refractivity contribution is 0.161. The van der Waals surface area contributed by atoms with Crippen LogP contribution in [-0.4, -0.2) is 65.4 Å². The van der Waals surface area contributed by atoms with Crippen LogP contribution in [0, 0.1) is 0 Å². The molecule has 1 fully saturated rings. The molecule has 0 spiro atoms. The molecule has 9 nitrogen and oxygen atoms in total. The van der Waals surface area contributed by atoms with E-state index in [1.165, 1.54) is 15.9 Å². The average Bonchev–Trinajstić information content (AvgIpc) is 3.22. The van der Waals surface area contributed by atoms with E-state index in [4.69, 9.17) is 9.47 Å². The highest BCUT2D eigenvalue weighted by Gasteiger charge is 2.34. The predicted octanol–water partition coefficient (Wildman–Crippen LogP) is 1.89. The van der Waals surface area contributed by atoms with Crippen LogP contribution in [0.4, 0.5) is 5.69 Å². The van der Waals surface area contributed by atoms with Gasteiger partial charge in [0.25, 0.3) is 5.56 Å². The standard InChI is InChI=1S/C23H23N5O4S/c1-31-16-3-2-4-17-20(16)27-9-7-26(12-14(27)13-32-17)8-10-28-22(29)21-19(25-23(28)30)15-11-24-6-5-18(15)33-21/h2-6,11,14H,7-10,12-13H2,1H3,(H,25,30). The van der Waals surface area contributed by atoms with Crippen LogP contribution < -0.4 is 25.6 Å².